The van der Waals surface area contributed by atoms with Gasteiger partial charge in [0.15, 0.2) is 5.58 Å². The molecule has 2 aromatic heterocycles. The zero-order valence-electron chi connectivity index (χ0n) is 16.8. The van der Waals surface area contributed by atoms with Crippen LogP contribution in [-0.4, -0.2) is 44.2 Å². The smallest absolute Gasteiger partial charge is 0.242 e. The van der Waals surface area contributed by atoms with Gasteiger partial charge in [0.25, 0.3) is 0 Å². The van der Waals surface area contributed by atoms with Gasteiger partial charge in [-0.1, -0.05) is 23.4 Å². The highest BCUT2D eigenvalue weighted by Crippen LogP contribution is 2.29. The van der Waals surface area contributed by atoms with Crippen LogP contribution >= 0.6 is 11.3 Å². The van der Waals surface area contributed by atoms with Crippen LogP contribution in [0.3, 0.4) is 0 Å². The van der Waals surface area contributed by atoms with Crippen molar-refractivity contribution in [3.8, 4) is 0 Å². The lowest BCUT2D eigenvalue weighted by Gasteiger charge is -2.16. The van der Waals surface area contributed by atoms with Crippen LogP contribution in [0.15, 0.2) is 57.3 Å². The summed E-state index contributed by atoms with van der Waals surface area (Å²) in [5.74, 6) is -0.337. The number of hydrogen-bond acceptors (Lipinski definition) is 6. The van der Waals surface area contributed by atoms with E-state index >= 15 is 0 Å². The summed E-state index contributed by atoms with van der Waals surface area (Å²) in [6, 6.07) is 11.9. The minimum atomic E-state index is -3.55. The second-order valence-electron chi connectivity index (χ2n) is 7.88. The van der Waals surface area contributed by atoms with E-state index in [9.17, 15) is 12.8 Å². The number of benzene rings is 2. The van der Waals surface area contributed by atoms with Crippen molar-refractivity contribution < 1.29 is 17.3 Å². The summed E-state index contributed by atoms with van der Waals surface area (Å²) in [4.78, 5) is 2.63. The summed E-state index contributed by atoms with van der Waals surface area (Å²) in [5, 5.41) is 7.40. The van der Waals surface area contributed by atoms with Crippen LogP contribution in [0.5, 0.6) is 0 Å². The van der Waals surface area contributed by atoms with Gasteiger partial charge >= 0.3 is 0 Å². The molecule has 0 bridgehead atoms. The van der Waals surface area contributed by atoms with Crippen LogP contribution in [0.25, 0.3) is 21.1 Å². The minimum Gasteiger partial charge on any atom is -0.356 e. The minimum absolute atomic E-state index is 0.0977. The first-order chi connectivity index (χ1) is 15.0. The van der Waals surface area contributed by atoms with Gasteiger partial charge in [0, 0.05) is 39.5 Å². The van der Waals surface area contributed by atoms with E-state index in [1.807, 2.05) is 24.3 Å². The third-order valence-electron chi connectivity index (χ3n) is 5.73. The molecule has 0 radical (unpaired) electrons. The van der Waals surface area contributed by atoms with E-state index in [4.69, 9.17) is 4.52 Å². The molecule has 0 amide bonds. The Hall–Kier alpha value is -2.33. The van der Waals surface area contributed by atoms with Gasteiger partial charge < -0.3 is 9.42 Å². The summed E-state index contributed by atoms with van der Waals surface area (Å²) < 4.78 is 48.2. The number of nitrogens with one attached hydrogen (secondary N) is 1. The number of hydrogen-bond donors (Lipinski definition) is 1. The molecule has 1 saturated heterocycles. The van der Waals surface area contributed by atoms with Crippen molar-refractivity contribution in [3.63, 3.8) is 0 Å². The molecule has 1 aliphatic heterocycles. The third kappa shape index (κ3) is 4.23. The van der Waals surface area contributed by atoms with Crippen LogP contribution in [0, 0.1) is 5.82 Å². The average Bonchev–Trinajstić information content (AvgIpc) is 3.46. The number of aromatic nitrogens is 1. The standard InChI is InChI=1S/C22H22FN3O3S2/c23-15-7-8-17-19(24-29-20(17)12-15)5-3-10-26-11-9-16(13-26)25-31(27,28)22-14-30-21-6-2-1-4-18(21)22/h1-2,4,6-8,12,14,16,25H,3,5,9-11,13H2. The summed E-state index contributed by atoms with van der Waals surface area (Å²) in [7, 11) is -3.55. The number of fused-ring (bicyclic) bond motifs is 2. The van der Waals surface area contributed by atoms with Gasteiger partial charge in [0.05, 0.1) is 5.69 Å². The summed E-state index contributed by atoms with van der Waals surface area (Å²) in [6.07, 6.45) is 2.38. The Morgan fingerprint density at radius 3 is 3.00 bits per heavy atom. The van der Waals surface area contributed by atoms with Gasteiger partial charge in [0.1, 0.15) is 10.7 Å². The monoisotopic (exact) mass is 459 g/mol. The zero-order chi connectivity index (χ0) is 21.4. The molecule has 1 unspecified atom stereocenters. The van der Waals surface area contributed by atoms with Gasteiger partial charge in [0.2, 0.25) is 10.0 Å². The summed E-state index contributed by atoms with van der Waals surface area (Å²) >= 11 is 1.45. The van der Waals surface area contributed by atoms with E-state index in [0.717, 1.165) is 53.5 Å². The Labute approximate surface area is 183 Å². The quantitative estimate of drug-likeness (QED) is 0.449. The Morgan fingerprint density at radius 1 is 1.23 bits per heavy atom. The second kappa shape index (κ2) is 8.31. The molecule has 1 atom stereocenters. The van der Waals surface area contributed by atoms with E-state index in [1.54, 1.807) is 11.4 Å². The molecule has 31 heavy (non-hydrogen) atoms. The second-order valence-corrected chi connectivity index (χ2v) is 10.5. The van der Waals surface area contributed by atoms with Crippen molar-refractivity contribution in [2.45, 2.75) is 30.2 Å². The largest absolute Gasteiger partial charge is 0.356 e. The Balaban J connectivity index is 1.16. The van der Waals surface area contributed by atoms with E-state index in [0.29, 0.717) is 17.0 Å². The number of halogens is 1. The lowest BCUT2D eigenvalue weighted by molar-refractivity contribution is 0.326. The molecular formula is C22H22FN3O3S2. The highest BCUT2D eigenvalue weighted by molar-refractivity contribution is 7.90. The highest BCUT2D eigenvalue weighted by atomic mass is 32.2. The molecule has 1 aliphatic rings. The molecular weight excluding hydrogens is 437 g/mol. The SMILES string of the molecule is O=S(=O)(NC1CCN(CCCc2noc3cc(F)ccc23)C1)c1csc2ccccc12. The van der Waals surface area contributed by atoms with Crippen molar-refractivity contribution in [3.05, 3.63) is 59.4 Å². The first-order valence-electron chi connectivity index (χ1n) is 10.2. The highest BCUT2D eigenvalue weighted by Gasteiger charge is 2.28. The first kappa shape index (κ1) is 20.6. The number of thiophene rings is 1. The lowest BCUT2D eigenvalue weighted by Crippen LogP contribution is -2.37. The normalized spacial score (nSPS) is 17.8. The van der Waals surface area contributed by atoms with Crippen LogP contribution in [0.1, 0.15) is 18.5 Å². The van der Waals surface area contributed by atoms with Crippen molar-refractivity contribution in [1.29, 1.82) is 0 Å². The van der Waals surface area contributed by atoms with Crippen molar-refractivity contribution >= 4 is 42.4 Å². The molecule has 0 spiro atoms. The van der Waals surface area contributed by atoms with Gasteiger partial charge in [-0.2, -0.15) is 0 Å². The first-order valence-corrected chi connectivity index (χ1v) is 12.6. The van der Waals surface area contributed by atoms with Crippen molar-refractivity contribution in [2.75, 3.05) is 19.6 Å². The van der Waals surface area contributed by atoms with E-state index in [-0.39, 0.29) is 11.9 Å². The lowest BCUT2D eigenvalue weighted by atomic mass is 10.1. The molecule has 5 rings (SSSR count). The maximum Gasteiger partial charge on any atom is 0.242 e. The fourth-order valence-corrected chi connectivity index (χ4v) is 6.95. The van der Waals surface area contributed by atoms with Gasteiger partial charge in [-0.15, -0.1) is 11.3 Å². The van der Waals surface area contributed by atoms with Crippen LogP contribution in [0.4, 0.5) is 4.39 Å². The Bertz CT molecular complexity index is 1330. The number of nitrogens with zero attached hydrogens (tertiary/aromatic N) is 2. The molecule has 6 nitrogen and oxygen atoms in total. The molecule has 3 heterocycles. The van der Waals surface area contributed by atoms with Crippen LogP contribution in [0.2, 0.25) is 0 Å². The van der Waals surface area contributed by atoms with E-state index in [1.165, 1.54) is 23.5 Å². The van der Waals surface area contributed by atoms with Crippen molar-refractivity contribution in [1.82, 2.24) is 14.8 Å². The maximum atomic E-state index is 13.3. The third-order valence-corrected chi connectivity index (χ3v) is 8.40. The van der Waals surface area contributed by atoms with Crippen molar-refractivity contribution in [2.24, 2.45) is 0 Å². The van der Waals surface area contributed by atoms with E-state index in [2.05, 4.69) is 14.8 Å². The molecule has 4 aromatic rings. The van der Waals surface area contributed by atoms with Gasteiger partial charge in [-0.25, -0.2) is 17.5 Å². The summed E-state index contributed by atoms with van der Waals surface area (Å²) in [5.41, 5.74) is 1.29. The van der Waals surface area contributed by atoms with Gasteiger partial charge in [-0.3, -0.25) is 0 Å². The predicted octanol–water partition coefficient (Wildman–Crippen LogP) is 4.17. The van der Waals surface area contributed by atoms with Crippen LogP contribution < -0.4 is 4.72 Å². The number of sulfonamides is 1. The molecule has 0 aliphatic carbocycles. The fraction of sp³-hybridized carbons (Fsp3) is 0.318. The predicted molar refractivity (Wildman–Crippen MR) is 119 cm³/mol. The number of aryl methyl sites for hydroxylation is 1. The molecule has 9 heteroatoms. The van der Waals surface area contributed by atoms with Crippen LogP contribution in [-0.2, 0) is 16.4 Å². The number of likely N-dealkylation sites (tertiary alicyclic amines) is 1. The fourth-order valence-electron chi connectivity index (χ4n) is 4.19. The summed E-state index contributed by atoms with van der Waals surface area (Å²) in [6.45, 7) is 2.38. The Morgan fingerprint density at radius 2 is 2.10 bits per heavy atom. The van der Waals surface area contributed by atoms with Gasteiger partial charge in [-0.05, 0) is 50.6 Å². The molecule has 1 N–H and O–H groups in total. The van der Waals surface area contributed by atoms with E-state index < -0.39 is 10.0 Å². The zero-order valence-corrected chi connectivity index (χ0v) is 18.4. The average molecular weight is 460 g/mol. The molecule has 1 fully saturated rings. The number of rotatable bonds is 7. The molecule has 0 saturated carbocycles. The maximum absolute atomic E-state index is 13.3. The topological polar surface area (TPSA) is 75.4 Å². The molecule has 2 aromatic carbocycles. The Kier molecular flexibility index (Phi) is 5.51. The molecule has 162 valence electrons.